The van der Waals surface area contributed by atoms with Crippen molar-refractivity contribution in [1.29, 1.82) is 0 Å². The molecule has 12 nitrogen and oxygen atoms in total. The molecule has 0 amide bonds. The Kier molecular flexibility index (Phi) is 13.0. The van der Waals surface area contributed by atoms with Gasteiger partial charge in [0.25, 0.3) is 11.4 Å². The predicted octanol–water partition coefficient (Wildman–Crippen LogP) is 6.09. The van der Waals surface area contributed by atoms with E-state index in [1.165, 1.54) is 132 Å². The van der Waals surface area contributed by atoms with E-state index in [0.717, 1.165) is 0 Å². The minimum Gasteiger partial charge on any atom is -0.497 e. The number of hydrogen-bond donors (Lipinski definition) is 1. The molecule has 2 fully saturated rings. The fourth-order valence-corrected chi connectivity index (χ4v) is 5.84. The number of rotatable bonds is 9. The molecule has 220 valence electrons. The molecule has 2 saturated heterocycles. The van der Waals surface area contributed by atoms with Crippen LogP contribution in [0.5, 0.6) is 5.75 Å². The molecule has 0 spiro atoms. The predicted molar refractivity (Wildman–Crippen MR) is 150 cm³/mol. The van der Waals surface area contributed by atoms with Crippen molar-refractivity contribution < 1.29 is 28.8 Å². The Morgan fingerprint density at radius 2 is 0.949 bits per heavy atom. The number of likely N-dealkylation sites (tertiary alicyclic amines) is 2. The summed E-state index contributed by atoms with van der Waals surface area (Å²) in [4.78, 5) is 27.8. The Balaban J connectivity index is 0.000000293. The van der Waals surface area contributed by atoms with Crippen molar-refractivity contribution in [1.82, 2.24) is 0 Å². The van der Waals surface area contributed by atoms with Gasteiger partial charge >= 0.3 is 11.4 Å². The summed E-state index contributed by atoms with van der Waals surface area (Å²) in [5.74, 6) is -1.21. The molecular weight excluding hydrogens is 506 g/mol. The number of nitrogens with zero attached hydrogens (tertiary/aromatic N) is 5. The van der Waals surface area contributed by atoms with Gasteiger partial charge in [0, 0.05) is 0 Å². The fraction of sp³-hybridized carbons (Fsp3) is 0.778. The van der Waals surface area contributed by atoms with E-state index in [4.69, 9.17) is 5.11 Å². The van der Waals surface area contributed by atoms with E-state index < -0.39 is 37.6 Å². The van der Waals surface area contributed by atoms with Gasteiger partial charge in [-0.2, -0.15) is 0 Å². The minimum atomic E-state index is -1.21. The van der Waals surface area contributed by atoms with Gasteiger partial charge < -0.3 is 14.1 Å². The average Bonchev–Trinajstić information content (AvgIpc) is 2.84. The van der Waals surface area contributed by atoms with E-state index in [2.05, 4.69) is 14.1 Å². The SMILES string of the molecule is C[N+]1(CCCCC[N+]2(C)CCCCCCC2)CCCCCCC1.O=[N+]([O-])c1cc([N+](=O)[O-])c(O)c([N+](=O)[O-])c1. The summed E-state index contributed by atoms with van der Waals surface area (Å²) >= 11 is 0. The molecule has 3 rings (SSSR count). The lowest BCUT2D eigenvalue weighted by Gasteiger charge is -2.37. The molecule has 2 aliphatic rings. The van der Waals surface area contributed by atoms with Crippen molar-refractivity contribution in [3.05, 3.63) is 42.5 Å². The van der Waals surface area contributed by atoms with Crippen LogP contribution in [0.2, 0.25) is 0 Å². The minimum absolute atomic E-state index is 0.447. The summed E-state index contributed by atoms with van der Waals surface area (Å²) in [6.45, 7) is 8.62. The molecule has 0 aromatic heterocycles. The number of phenolic OH excluding ortho intramolecular Hbond substituents is 1. The molecule has 2 aliphatic heterocycles. The molecular formula is C27H47N5O7+2. The molecule has 1 N–H and O–H groups in total. The molecule has 0 radical (unpaired) electrons. The first-order valence-corrected chi connectivity index (χ1v) is 14.4. The summed E-state index contributed by atoms with van der Waals surface area (Å²) in [7, 11) is 5.05. The summed E-state index contributed by atoms with van der Waals surface area (Å²) in [6, 6.07) is 0.894. The van der Waals surface area contributed by atoms with Crippen LogP contribution in [0.25, 0.3) is 0 Å². The molecule has 1 aromatic carbocycles. The standard InChI is InChI=1S/C21H44N2.C6H3N3O7/c1-22(16-10-5-3-6-11-17-22)20-14-9-15-21-23(2)18-12-7-4-8-13-19-23;10-6-4(8(13)14)1-3(7(11)12)2-5(6)9(15)16/h3-21H2,1-2H3;1-2,10H/q+2;. The highest BCUT2D eigenvalue weighted by atomic mass is 16.6. The number of phenols is 1. The first-order valence-electron chi connectivity index (χ1n) is 14.4. The third-order valence-electron chi connectivity index (χ3n) is 8.35. The normalized spacial score (nSPS) is 19.2. The van der Waals surface area contributed by atoms with Crippen LogP contribution in [0.3, 0.4) is 0 Å². The van der Waals surface area contributed by atoms with Gasteiger partial charge in [-0.25, -0.2) is 0 Å². The maximum absolute atomic E-state index is 10.4. The second-order valence-electron chi connectivity index (χ2n) is 11.8. The van der Waals surface area contributed by atoms with Crippen molar-refractivity contribution in [2.24, 2.45) is 0 Å². The zero-order chi connectivity index (χ0) is 28.9. The van der Waals surface area contributed by atoms with Crippen LogP contribution in [-0.4, -0.2) is 82.2 Å². The van der Waals surface area contributed by atoms with E-state index in [0.29, 0.717) is 12.1 Å². The van der Waals surface area contributed by atoms with E-state index in [1.54, 1.807) is 0 Å². The Labute approximate surface area is 231 Å². The molecule has 0 bridgehead atoms. The molecule has 12 heteroatoms. The highest BCUT2D eigenvalue weighted by Crippen LogP contribution is 2.39. The summed E-state index contributed by atoms with van der Waals surface area (Å²) < 4.78 is 2.73. The Bertz CT molecular complexity index is 891. The quantitative estimate of drug-likeness (QED) is 0.168. The van der Waals surface area contributed by atoms with E-state index in [1.807, 2.05) is 0 Å². The summed E-state index contributed by atoms with van der Waals surface area (Å²) in [5.41, 5.74) is -3.00. The Hall–Kier alpha value is -2.86. The highest BCUT2D eigenvalue weighted by molar-refractivity contribution is 5.64. The Morgan fingerprint density at radius 1 is 0.615 bits per heavy atom. The molecule has 1 aromatic rings. The lowest BCUT2D eigenvalue weighted by Crippen LogP contribution is -2.47. The maximum Gasteiger partial charge on any atom is 0.324 e. The molecule has 2 heterocycles. The van der Waals surface area contributed by atoms with Gasteiger partial charge in [0.15, 0.2) is 0 Å². The first-order chi connectivity index (χ1) is 18.5. The van der Waals surface area contributed by atoms with Crippen LogP contribution in [-0.2, 0) is 0 Å². The number of benzene rings is 1. The second kappa shape index (κ2) is 15.7. The zero-order valence-electron chi connectivity index (χ0n) is 23.7. The molecule has 39 heavy (non-hydrogen) atoms. The van der Waals surface area contributed by atoms with Crippen LogP contribution in [0.15, 0.2) is 12.1 Å². The number of nitro groups is 3. The monoisotopic (exact) mass is 553 g/mol. The maximum atomic E-state index is 10.4. The summed E-state index contributed by atoms with van der Waals surface area (Å²) in [5, 5.41) is 40.2. The number of unbranched alkanes of at least 4 members (excludes halogenated alkanes) is 2. The Morgan fingerprint density at radius 3 is 1.26 bits per heavy atom. The van der Waals surface area contributed by atoms with Gasteiger partial charge in [-0.1, -0.05) is 12.8 Å². The number of non-ortho nitro benzene ring substituents is 1. The highest BCUT2D eigenvalue weighted by Gasteiger charge is 2.30. The van der Waals surface area contributed by atoms with Gasteiger partial charge in [0.05, 0.1) is 80.3 Å². The topological polar surface area (TPSA) is 150 Å². The van der Waals surface area contributed by atoms with Gasteiger partial charge in [-0.3, -0.25) is 30.3 Å². The summed E-state index contributed by atoms with van der Waals surface area (Å²) in [6.07, 6.45) is 19.1. The van der Waals surface area contributed by atoms with Gasteiger partial charge in [0.1, 0.15) is 0 Å². The number of quaternary nitrogens is 2. The van der Waals surface area contributed by atoms with Crippen LogP contribution >= 0.6 is 0 Å². The molecule has 0 saturated carbocycles. The third-order valence-corrected chi connectivity index (χ3v) is 8.35. The lowest BCUT2D eigenvalue weighted by molar-refractivity contribution is -0.912. The van der Waals surface area contributed by atoms with Crippen LogP contribution in [0.1, 0.15) is 83.5 Å². The second-order valence-corrected chi connectivity index (χ2v) is 11.8. The fourth-order valence-electron chi connectivity index (χ4n) is 5.84. The third kappa shape index (κ3) is 11.0. The molecule has 0 atom stereocenters. The van der Waals surface area contributed by atoms with E-state index in [-0.39, 0.29) is 0 Å². The van der Waals surface area contributed by atoms with Gasteiger partial charge in [-0.05, 0) is 70.6 Å². The average molecular weight is 554 g/mol. The van der Waals surface area contributed by atoms with Gasteiger partial charge in [0.2, 0.25) is 0 Å². The van der Waals surface area contributed by atoms with Crippen molar-refractivity contribution in [3.63, 3.8) is 0 Å². The molecule has 0 unspecified atom stereocenters. The zero-order valence-corrected chi connectivity index (χ0v) is 23.7. The van der Waals surface area contributed by atoms with Gasteiger partial charge in [-0.15, -0.1) is 0 Å². The van der Waals surface area contributed by atoms with Crippen molar-refractivity contribution in [2.75, 3.05) is 53.4 Å². The van der Waals surface area contributed by atoms with E-state index >= 15 is 0 Å². The number of hydrogen-bond acceptors (Lipinski definition) is 7. The smallest absolute Gasteiger partial charge is 0.324 e. The largest absolute Gasteiger partial charge is 0.497 e. The van der Waals surface area contributed by atoms with Crippen LogP contribution < -0.4 is 0 Å². The van der Waals surface area contributed by atoms with Crippen LogP contribution in [0, 0.1) is 30.3 Å². The van der Waals surface area contributed by atoms with Crippen molar-refractivity contribution >= 4 is 17.1 Å². The number of aromatic hydroxyl groups is 1. The van der Waals surface area contributed by atoms with Crippen molar-refractivity contribution in [2.45, 2.75) is 83.5 Å². The number of nitro benzene ring substituents is 3. The van der Waals surface area contributed by atoms with E-state index in [9.17, 15) is 30.3 Å². The van der Waals surface area contributed by atoms with Crippen LogP contribution in [0.4, 0.5) is 17.1 Å². The first kappa shape index (κ1) is 32.4. The lowest BCUT2D eigenvalue weighted by atomic mass is 10.0. The molecule has 0 aliphatic carbocycles. The van der Waals surface area contributed by atoms with Crippen molar-refractivity contribution in [3.8, 4) is 5.75 Å².